The predicted octanol–water partition coefficient (Wildman–Crippen LogP) is 7.48. The molecule has 0 radical (unpaired) electrons. The standard InChI is InChI=1S/C25H48O3/c1-2-3-4-13-18-23(26)19-14-9-7-5-6-8-10-17-22-25(27)28-24-20-15-11-12-16-21-24/h23-24,26H,2-22H2,1H3. The number of unbranched alkanes of at least 4 members (excludes halogenated alkanes) is 10. The Labute approximate surface area is 175 Å². The number of aliphatic hydroxyl groups excluding tert-OH is 1. The fourth-order valence-corrected chi connectivity index (χ4v) is 4.27. The summed E-state index contributed by atoms with van der Waals surface area (Å²) in [6.07, 6.45) is 24.5. The molecule has 1 aliphatic carbocycles. The van der Waals surface area contributed by atoms with Crippen LogP contribution in [0.3, 0.4) is 0 Å². The van der Waals surface area contributed by atoms with Crippen LogP contribution in [0.1, 0.15) is 142 Å². The third-order valence-electron chi connectivity index (χ3n) is 6.16. The van der Waals surface area contributed by atoms with E-state index in [0.29, 0.717) is 6.42 Å². The third kappa shape index (κ3) is 15.4. The Bertz CT molecular complexity index is 348. The van der Waals surface area contributed by atoms with Gasteiger partial charge in [0.2, 0.25) is 0 Å². The van der Waals surface area contributed by atoms with Gasteiger partial charge in [-0.3, -0.25) is 4.79 Å². The molecule has 0 aromatic heterocycles. The molecule has 3 heteroatoms. The Morgan fingerprint density at radius 1 is 0.786 bits per heavy atom. The molecule has 0 saturated heterocycles. The molecule has 1 rings (SSSR count). The van der Waals surface area contributed by atoms with Crippen LogP contribution in [-0.2, 0) is 9.53 Å². The maximum absolute atomic E-state index is 11.9. The van der Waals surface area contributed by atoms with Gasteiger partial charge >= 0.3 is 5.97 Å². The maximum Gasteiger partial charge on any atom is 0.306 e. The van der Waals surface area contributed by atoms with Gasteiger partial charge in [0.05, 0.1) is 6.10 Å². The molecule has 1 atom stereocenters. The molecule has 0 aliphatic heterocycles. The second-order valence-electron chi connectivity index (χ2n) is 8.97. The number of esters is 1. The van der Waals surface area contributed by atoms with E-state index in [-0.39, 0.29) is 18.2 Å². The molecule has 0 heterocycles. The lowest BCUT2D eigenvalue weighted by Gasteiger charge is -2.15. The summed E-state index contributed by atoms with van der Waals surface area (Å²) >= 11 is 0. The van der Waals surface area contributed by atoms with E-state index in [1.54, 1.807) is 0 Å². The Morgan fingerprint density at radius 3 is 1.86 bits per heavy atom. The third-order valence-corrected chi connectivity index (χ3v) is 6.16. The van der Waals surface area contributed by atoms with Crippen LogP contribution in [0.15, 0.2) is 0 Å². The summed E-state index contributed by atoms with van der Waals surface area (Å²) in [7, 11) is 0. The van der Waals surface area contributed by atoms with Crippen molar-refractivity contribution in [3.8, 4) is 0 Å². The fraction of sp³-hybridized carbons (Fsp3) is 0.960. The number of hydrogen-bond donors (Lipinski definition) is 1. The van der Waals surface area contributed by atoms with Crippen molar-refractivity contribution in [3.05, 3.63) is 0 Å². The molecule has 28 heavy (non-hydrogen) atoms. The van der Waals surface area contributed by atoms with Gasteiger partial charge in [0.15, 0.2) is 0 Å². The average molecular weight is 397 g/mol. The van der Waals surface area contributed by atoms with Gasteiger partial charge in [0.25, 0.3) is 0 Å². The highest BCUT2D eigenvalue weighted by Crippen LogP contribution is 2.20. The summed E-state index contributed by atoms with van der Waals surface area (Å²) in [6.45, 7) is 2.23. The first-order valence-electron chi connectivity index (χ1n) is 12.6. The lowest BCUT2D eigenvalue weighted by molar-refractivity contribution is -0.149. The minimum Gasteiger partial charge on any atom is -0.462 e. The van der Waals surface area contributed by atoms with Gasteiger partial charge in [0.1, 0.15) is 6.10 Å². The number of hydrogen-bond acceptors (Lipinski definition) is 3. The monoisotopic (exact) mass is 396 g/mol. The van der Waals surface area contributed by atoms with Gasteiger partial charge < -0.3 is 9.84 Å². The van der Waals surface area contributed by atoms with Gasteiger partial charge in [0, 0.05) is 6.42 Å². The first-order chi connectivity index (χ1) is 13.7. The molecule has 0 aromatic carbocycles. The normalized spacial score (nSPS) is 16.6. The molecule has 1 saturated carbocycles. The zero-order valence-electron chi connectivity index (χ0n) is 18.8. The molecule has 1 fully saturated rings. The van der Waals surface area contributed by atoms with Crippen LogP contribution >= 0.6 is 0 Å². The van der Waals surface area contributed by atoms with Gasteiger partial charge in [-0.1, -0.05) is 90.4 Å². The molecular weight excluding hydrogens is 348 g/mol. The summed E-state index contributed by atoms with van der Waals surface area (Å²) in [5.41, 5.74) is 0. The molecule has 1 N–H and O–H groups in total. The molecule has 0 spiro atoms. The molecule has 0 amide bonds. The number of ether oxygens (including phenoxy) is 1. The molecule has 1 unspecified atom stereocenters. The number of carbonyl (C=O) groups is 1. The second-order valence-corrected chi connectivity index (χ2v) is 8.97. The van der Waals surface area contributed by atoms with Crippen molar-refractivity contribution in [2.75, 3.05) is 0 Å². The van der Waals surface area contributed by atoms with Gasteiger partial charge in [-0.05, 0) is 44.9 Å². The summed E-state index contributed by atoms with van der Waals surface area (Å²) in [5, 5.41) is 9.97. The van der Waals surface area contributed by atoms with Crippen LogP contribution in [0.5, 0.6) is 0 Å². The van der Waals surface area contributed by atoms with Crippen molar-refractivity contribution >= 4 is 5.97 Å². The van der Waals surface area contributed by atoms with Crippen LogP contribution in [0.25, 0.3) is 0 Å². The van der Waals surface area contributed by atoms with Crippen molar-refractivity contribution in [1.29, 1.82) is 0 Å². The Morgan fingerprint density at radius 2 is 1.29 bits per heavy atom. The molecule has 3 nitrogen and oxygen atoms in total. The van der Waals surface area contributed by atoms with Crippen LogP contribution in [0.2, 0.25) is 0 Å². The van der Waals surface area contributed by atoms with E-state index in [9.17, 15) is 9.90 Å². The quantitative estimate of drug-likeness (QED) is 0.157. The fourth-order valence-electron chi connectivity index (χ4n) is 4.27. The van der Waals surface area contributed by atoms with Gasteiger partial charge in [-0.25, -0.2) is 0 Å². The van der Waals surface area contributed by atoms with Crippen molar-refractivity contribution in [3.63, 3.8) is 0 Å². The van der Waals surface area contributed by atoms with E-state index >= 15 is 0 Å². The zero-order valence-corrected chi connectivity index (χ0v) is 18.8. The number of aliphatic hydroxyl groups is 1. The van der Waals surface area contributed by atoms with Gasteiger partial charge in [-0.15, -0.1) is 0 Å². The van der Waals surface area contributed by atoms with E-state index in [1.165, 1.54) is 89.9 Å². The number of rotatable bonds is 17. The molecule has 0 bridgehead atoms. The Balaban J connectivity index is 1.81. The van der Waals surface area contributed by atoms with Crippen LogP contribution in [0.4, 0.5) is 0 Å². The van der Waals surface area contributed by atoms with Crippen molar-refractivity contribution in [2.24, 2.45) is 0 Å². The average Bonchev–Trinajstić information content (AvgIpc) is 2.95. The number of carbonyl (C=O) groups excluding carboxylic acids is 1. The van der Waals surface area contributed by atoms with E-state index < -0.39 is 0 Å². The minimum absolute atomic E-state index is 0.0279. The predicted molar refractivity (Wildman–Crippen MR) is 119 cm³/mol. The van der Waals surface area contributed by atoms with E-state index in [0.717, 1.165) is 38.5 Å². The van der Waals surface area contributed by atoms with E-state index in [2.05, 4.69) is 6.92 Å². The second kappa shape index (κ2) is 18.5. The van der Waals surface area contributed by atoms with Crippen molar-refractivity contribution < 1.29 is 14.6 Å². The van der Waals surface area contributed by atoms with Crippen LogP contribution < -0.4 is 0 Å². The summed E-state index contributed by atoms with van der Waals surface area (Å²) < 4.78 is 5.64. The Hall–Kier alpha value is -0.570. The lowest BCUT2D eigenvalue weighted by Crippen LogP contribution is -2.17. The van der Waals surface area contributed by atoms with Crippen LogP contribution in [-0.4, -0.2) is 23.3 Å². The smallest absolute Gasteiger partial charge is 0.306 e. The first kappa shape index (κ1) is 25.5. The summed E-state index contributed by atoms with van der Waals surface area (Å²) in [4.78, 5) is 11.9. The molecule has 0 aromatic rings. The van der Waals surface area contributed by atoms with E-state index in [1.807, 2.05) is 0 Å². The SMILES string of the molecule is CCCCCCC(O)CCCCCCCCCCC(=O)OC1CCCCCC1. The summed E-state index contributed by atoms with van der Waals surface area (Å²) in [5.74, 6) is 0.0279. The highest BCUT2D eigenvalue weighted by atomic mass is 16.5. The lowest BCUT2D eigenvalue weighted by atomic mass is 10.0. The molecular formula is C25H48O3. The first-order valence-corrected chi connectivity index (χ1v) is 12.6. The largest absolute Gasteiger partial charge is 0.462 e. The zero-order chi connectivity index (χ0) is 20.3. The minimum atomic E-state index is -0.0744. The molecule has 1 aliphatic rings. The highest BCUT2D eigenvalue weighted by molar-refractivity contribution is 5.69. The highest BCUT2D eigenvalue weighted by Gasteiger charge is 2.16. The molecule has 166 valence electrons. The van der Waals surface area contributed by atoms with E-state index in [4.69, 9.17) is 4.74 Å². The van der Waals surface area contributed by atoms with Gasteiger partial charge in [-0.2, -0.15) is 0 Å². The Kier molecular flexibility index (Phi) is 16.8. The van der Waals surface area contributed by atoms with Crippen LogP contribution in [0, 0.1) is 0 Å². The topological polar surface area (TPSA) is 46.5 Å². The van der Waals surface area contributed by atoms with Crippen molar-refractivity contribution in [1.82, 2.24) is 0 Å². The maximum atomic E-state index is 11.9. The van der Waals surface area contributed by atoms with Crippen molar-refractivity contribution in [2.45, 2.75) is 154 Å². The summed E-state index contributed by atoms with van der Waals surface area (Å²) in [6, 6.07) is 0.